The number of primary amides is 1. The molecule has 0 spiro atoms. The number of rotatable bonds is 2. The van der Waals surface area contributed by atoms with Gasteiger partial charge in [0.1, 0.15) is 6.04 Å². The van der Waals surface area contributed by atoms with E-state index in [2.05, 4.69) is 5.32 Å². The third-order valence-electron chi connectivity index (χ3n) is 3.02. The predicted octanol–water partition coefficient (Wildman–Crippen LogP) is 0.713. The molecular formula is C13H17N3O3. The molecule has 19 heavy (non-hydrogen) atoms. The number of ether oxygens (including phenoxy) is 1. The molecule has 1 aromatic rings. The number of hydrogen-bond donors (Lipinski definition) is 2. The molecule has 2 rings (SSSR count). The molecule has 1 atom stereocenters. The second-order valence-corrected chi connectivity index (χ2v) is 4.48. The summed E-state index contributed by atoms with van der Waals surface area (Å²) in [6, 6.07) is 6.39. The van der Waals surface area contributed by atoms with Gasteiger partial charge in [-0.3, -0.25) is 4.79 Å². The van der Waals surface area contributed by atoms with Gasteiger partial charge in [-0.1, -0.05) is 17.7 Å². The van der Waals surface area contributed by atoms with Crippen molar-refractivity contribution in [3.8, 4) is 0 Å². The largest absolute Gasteiger partial charge is 0.377 e. The topological polar surface area (TPSA) is 84.7 Å². The summed E-state index contributed by atoms with van der Waals surface area (Å²) in [4.78, 5) is 24.8. The summed E-state index contributed by atoms with van der Waals surface area (Å²) in [6.45, 7) is 2.88. The van der Waals surface area contributed by atoms with Crippen LogP contribution < -0.4 is 11.1 Å². The highest BCUT2D eigenvalue weighted by atomic mass is 16.5. The molecule has 1 aliphatic heterocycles. The van der Waals surface area contributed by atoms with Crippen LogP contribution in [0.25, 0.3) is 0 Å². The van der Waals surface area contributed by atoms with E-state index in [4.69, 9.17) is 10.5 Å². The van der Waals surface area contributed by atoms with Gasteiger partial charge < -0.3 is 20.7 Å². The number of urea groups is 1. The highest BCUT2D eigenvalue weighted by Crippen LogP contribution is 2.12. The Kier molecular flexibility index (Phi) is 4.01. The van der Waals surface area contributed by atoms with Crippen molar-refractivity contribution in [1.29, 1.82) is 0 Å². The first-order valence-electron chi connectivity index (χ1n) is 6.09. The Hall–Kier alpha value is -2.08. The first kappa shape index (κ1) is 13.4. The zero-order valence-corrected chi connectivity index (χ0v) is 10.8. The molecule has 0 aliphatic carbocycles. The third-order valence-corrected chi connectivity index (χ3v) is 3.02. The van der Waals surface area contributed by atoms with Gasteiger partial charge in [0.05, 0.1) is 13.2 Å². The summed E-state index contributed by atoms with van der Waals surface area (Å²) in [5.74, 6) is -0.557. The maximum atomic E-state index is 12.1. The molecule has 102 valence electrons. The lowest BCUT2D eigenvalue weighted by atomic mass is 10.2. The number of anilines is 1. The molecule has 1 fully saturated rings. The summed E-state index contributed by atoms with van der Waals surface area (Å²) < 4.78 is 5.17. The fourth-order valence-electron chi connectivity index (χ4n) is 1.91. The van der Waals surface area contributed by atoms with Crippen molar-refractivity contribution in [1.82, 2.24) is 4.90 Å². The Bertz CT molecular complexity index is 473. The molecule has 1 aliphatic rings. The van der Waals surface area contributed by atoms with Crippen LogP contribution in [0.15, 0.2) is 24.3 Å². The SMILES string of the molecule is Cc1ccc(NC(=O)N2CCOCC2C(N)=O)cc1. The van der Waals surface area contributed by atoms with Crippen LogP contribution in [0.5, 0.6) is 0 Å². The van der Waals surface area contributed by atoms with E-state index in [1.807, 2.05) is 31.2 Å². The Labute approximate surface area is 111 Å². The summed E-state index contributed by atoms with van der Waals surface area (Å²) in [7, 11) is 0. The Morgan fingerprint density at radius 1 is 1.37 bits per heavy atom. The lowest BCUT2D eigenvalue weighted by molar-refractivity contribution is -0.126. The van der Waals surface area contributed by atoms with E-state index in [0.717, 1.165) is 5.56 Å². The maximum absolute atomic E-state index is 12.1. The quantitative estimate of drug-likeness (QED) is 0.824. The van der Waals surface area contributed by atoms with E-state index >= 15 is 0 Å². The Balaban J connectivity index is 2.05. The smallest absolute Gasteiger partial charge is 0.322 e. The van der Waals surface area contributed by atoms with Crippen molar-refractivity contribution >= 4 is 17.6 Å². The minimum absolute atomic E-state index is 0.149. The second-order valence-electron chi connectivity index (χ2n) is 4.48. The zero-order chi connectivity index (χ0) is 13.8. The Morgan fingerprint density at radius 2 is 2.05 bits per heavy atom. The van der Waals surface area contributed by atoms with Crippen molar-refractivity contribution in [2.24, 2.45) is 5.73 Å². The number of nitrogens with one attached hydrogen (secondary N) is 1. The second kappa shape index (κ2) is 5.71. The van der Waals surface area contributed by atoms with Crippen LogP contribution in [-0.2, 0) is 9.53 Å². The van der Waals surface area contributed by atoms with Gasteiger partial charge in [-0.15, -0.1) is 0 Å². The van der Waals surface area contributed by atoms with Crippen LogP contribution in [-0.4, -0.2) is 42.6 Å². The number of nitrogens with two attached hydrogens (primary N) is 1. The van der Waals surface area contributed by atoms with Crippen LogP contribution in [0, 0.1) is 6.92 Å². The first-order valence-corrected chi connectivity index (χ1v) is 6.09. The van der Waals surface area contributed by atoms with Gasteiger partial charge in [0.2, 0.25) is 5.91 Å². The lowest BCUT2D eigenvalue weighted by Crippen LogP contribution is -2.55. The standard InChI is InChI=1S/C13H17N3O3/c1-9-2-4-10(5-3-9)15-13(18)16-6-7-19-8-11(16)12(14)17/h2-5,11H,6-8H2,1H3,(H2,14,17)(H,15,18). The van der Waals surface area contributed by atoms with E-state index in [0.29, 0.717) is 18.8 Å². The van der Waals surface area contributed by atoms with E-state index in [1.54, 1.807) is 0 Å². The van der Waals surface area contributed by atoms with Crippen molar-refractivity contribution in [3.63, 3.8) is 0 Å². The van der Waals surface area contributed by atoms with Crippen molar-refractivity contribution < 1.29 is 14.3 Å². The molecule has 0 aromatic heterocycles. The monoisotopic (exact) mass is 263 g/mol. The normalized spacial score (nSPS) is 19.0. The number of carbonyl (C=O) groups is 2. The molecule has 0 saturated carbocycles. The number of benzene rings is 1. The summed E-state index contributed by atoms with van der Waals surface area (Å²) in [5, 5.41) is 2.75. The number of aryl methyl sites for hydroxylation is 1. The van der Waals surface area contributed by atoms with Crippen LogP contribution >= 0.6 is 0 Å². The molecule has 3 amide bonds. The Morgan fingerprint density at radius 3 is 2.68 bits per heavy atom. The molecule has 1 heterocycles. The van der Waals surface area contributed by atoms with Gasteiger partial charge in [0, 0.05) is 12.2 Å². The molecule has 6 heteroatoms. The molecule has 0 radical (unpaired) electrons. The molecule has 1 unspecified atom stereocenters. The first-order chi connectivity index (χ1) is 9.08. The fraction of sp³-hybridized carbons (Fsp3) is 0.385. The number of nitrogens with zero attached hydrogens (tertiary/aromatic N) is 1. The van der Waals surface area contributed by atoms with Gasteiger partial charge in [-0.25, -0.2) is 4.79 Å². The number of hydrogen-bond acceptors (Lipinski definition) is 3. The van der Waals surface area contributed by atoms with Gasteiger partial charge in [0.15, 0.2) is 0 Å². The number of carbonyl (C=O) groups excluding carboxylic acids is 2. The van der Waals surface area contributed by atoms with Crippen molar-refractivity contribution in [2.45, 2.75) is 13.0 Å². The van der Waals surface area contributed by atoms with Gasteiger partial charge in [0.25, 0.3) is 0 Å². The van der Waals surface area contributed by atoms with E-state index < -0.39 is 11.9 Å². The molecule has 1 aromatic carbocycles. The van der Waals surface area contributed by atoms with E-state index in [1.165, 1.54) is 4.90 Å². The molecule has 0 bridgehead atoms. The number of amides is 3. The lowest BCUT2D eigenvalue weighted by Gasteiger charge is -2.33. The molecule has 3 N–H and O–H groups in total. The number of morpholine rings is 1. The highest BCUT2D eigenvalue weighted by Gasteiger charge is 2.31. The van der Waals surface area contributed by atoms with Crippen LogP contribution in [0.1, 0.15) is 5.56 Å². The highest BCUT2D eigenvalue weighted by molar-refractivity contribution is 5.93. The minimum atomic E-state index is -0.709. The molecule has 1 saturated heterocycles. The van der Waals surface area contributed by atoms with E-state index in [9.17, 15) is 9.59 Å². The minimum Gasteiger partial charge on any atom is -0.377 e. The predicted molar refractivity (Wildman–Crippen MR) is 70.7 cm³/mol. The summed E-state index contributed by atoms with van der Waals surface area (Å²) in [5.41, 5.74) is 7.06. The third kappa shape index (κ3) is 3.23. The van der Waals surface area contributed by atoms with Crippen LogP contribution in [0.3, 0.4) is 0 Å². The summed E-state index contributed by atoms with van der Waals surface area (Å²) >= 11 is 0. The zero-order valence-electron chi connectivity index (χ0n) is 10.8. The maximum Gasteiger partial charge on any atom is 0.322 e. The average Bonchev–Trinajstić information content (AvgIpc) is 2.41. The van der Waals surface area contributed by atoms with Gasteiger partial charge in [-0.05, 0) is 19.1 Å². The van der Waals surface area contributed by atoms with Crippen molar-refractivity contribution in [3.05, 3.63) is 29.8 Å². The fourth-order valence-corrected chi connectivity index (χ4v) is 1.91. The molecular weight excluding hydrogens is 246 g/mol. The molecule has 6 nitrogen and oxygen atoms in total. The van der Waals surface area contributed by atoms with Crippen LogP contribution in [0.4, 0.5) is 10.5 Å². The van der Waals surface area contributed by atoms with Gasteiger partial charge in [-0.2, -0.15) is 0 Å². The van der Waals surface area contributed by atoms with Crippen LogP contribution in [0.2, 0.25) is 0 Å². The average molecular weight is 263 g/mol. The summed E-state index contributed by atoms with van der Waals surface area (Å²) in [6.07, 6.45) is 0. The van der Waals surface area contributed by atoms with Gasteiger partial charge >= 0.3 is 6.03 Å². The van der Waals surface area contributed by atoms with Crippen molar-refractivity contribution in [2.75, 3.05) is 25.1 Å². The van der Waals surface area contributed by atoms with E-state index in [-0.39, 0.29) is 12.6 Å².